The summed E-state index contributed by atoms with van der Waals surface area (Å²) in [4.78, 5) is 9.55. The molecule has 2 heterocycles. The molecule has 1 atom stereocenters. The molecule has 2 aliphatic rings. The van der Waals surface area contributed by atoms with Crippen molar-refractivity contribution in [2.75, 3.05) is 26.2 Å². The molecule has 0 aliphatic carbocycles. The molecule has 1 unspecified atom stereocenters. The van der Waals surface area contributed by atoms with Gasteiger partial charge >= 0.3 is 0 Å². The van der Waals surface area contributed by atoms with Gasteiger partial charge in [0.2, 0.25) is 0 Å². The van der Waals surface area contributed by atoms with E-state index >= 15 is 0 Å². The average Bonchev–Trinajstić information content (AvgIpc) is 3.01. The molecule has 1 aromatic carbocycles. The van der Waals surface area contributed by atoms with Gasteiger partial charge in [0.05, 0.1) is 6.54 Å². The molecule has 5 heteroatoms. The Labute approximate surface area is 163 Å². The molecule has 0 saturated carbocycles. The molecule has 2 N–H and O–H groups in total. The Hall–Kier alpha value is -0.820. The van der Waals surface area contributed by atoms with Crippen molar-refractivity contribution in [1.82, 2.24) is 9.80 Å². The van der Waals surface area contributed by atoms with E-state index < -0.39 is 0 Å². The van der Waals surface area contributed by atoms with Crippen molar-refractivity contribution >= 4 is 29.9 Å². The van der Waals surface area contributed by atoms with Crippen LogP contribution in [0.25, 0.3) is 0 Å². The Bertz CT molecular complexity index is 511. The van der Waals surface area contributed by atoms with Gasteiger partial charge in [-0.3, -0.25) is 9.89 Å². The zero-order chi connectivity index (χ0) is 16.1. The number of benzene rings is 1. The number of rotatable bonds is 4. The zero-order valence-electron chi connectivity index (χ0n) is 14.7. The predicted octanol–water partition coefficient (Wildman–Crippen LogP) is 3.32. The highest BCUT2D eigenvalue weighted by molar-refractivity contribution is 14.0. The van der Waals surface area contributed by atoms with Crippen LogP contribution in [0.15, 0.2) is 35.3 Å². The number of nitrogens with two attached hydrogens (primary N) is 1. The summed E-state index contributed by atoms with van der Waals surface area (Å²) < 4.78 is 0. The lowest BCUT2D eigenvalue weighted by molar-refractivity contribution is 0.248. The first-order chi connectivity index (χ1) is 11.2. The normalized spacial score (nSPS) is 23.3. The minimum absolute atomic E-state index is 0. The van der Waals surface area contributed by atoms with Crippen LogP contribution in [0.1, 0.15) is 38.2 Å². The van der Waals surface area contributed by atoms with Crippen molar-refractivity contribution in [3.8, 4) is 0 Å². The average molecular weight is 442 g/mol. The lowest BCUT2D eigenvalue weighted by Gasteiger charge is -2.31. The van der Waals surface area contributed by atoms with E-state index in [4.69, 9.17) is 10.7 Å². The van der Waals surface area contributed by atoms with Crippen molar-refractivity contribution in [2.45, 2.75) is 45.2 Å². The standard InChI is InChI=1S/C19H30N4.HI/c1-16-9-12-22(13-10-16)19(20)21-14-18-8-5-11-23(18)15-17-6-3-2-4-7-17;/h2-4,6-7,16,18H,5,8-15H2,1H3,(H2,20,21);1H. The van der Waals surface area contributed by atoms with Crippen LogP contribution in [0.5, 0.6) is 0 Å². The molecule has 1 aromatic rings. The molecule has 134 valence electrons. The van der Waals surface area contributed by atoms with E-state index in [1.54, 1.807) is 0 Å². The molecule has 0 amide bonds. The molecule has 2 saturated heterocycles. The zero-order valence-corrected chi connectivity index (χ0v) is 17.1. The molecule has 3 rings (SSSR count). The van der Waals surface area contributed by atoms with Crippen LogP contribution in [0.3, 0.4) is 0 Å². The summed E-state index contributed by atoms with van der Waals surface area (Å²) in [5, 5.41) is 0. The Balaban J connectivity index is 0.00000208. The van der Waals surface area contributed by atoms with Gasteiger partial charge in [0, 0.05) is 25.7 Å². The van der Waals surface area contributed by atoms with Crippen molar-refractivity contribution < 1.29 is 0 Å². The third-order valence-corrected chi connectivity index (χ3v) is 5.30. The van der Waals surface area contributed by atoms with Gasteiger partial charge in [0.1, 0.15) is 0 Å². The summed E-state index contributed by atoms with van der Waals surface area (Å²) >= 11 is 0. The van der Waals surface area contributed by atoms with Crippen LogP contribution >= 0.6 is 24.0 Å². The number of guanidine groups is 1. The lowest BCUT2D eigenvalue weighted by Crippen LogP contribution is -2.43. The Morgan fingerprint density at radius 3 is 2.54 bits per heavy atom. The molecule has 0 spiro atoms. The fraction of sp³-hybridized carbons (Fsp3) is 0.632. The van der Waals surface area contributed by atoms with E-state index in [9.17, 15) is 0 Å². The minimum Gasteiger partial charge on any atom is -0.370 e. The molecule has 2 aliphatic heterocycles. The maximum atomic E-state index is 6.23. The summed E-state index contributed by atoms with van der Waals surface area (Å²) in [6, 6.07) is 11.3. The highest BCUT2D eigenvalue weighted by Gasteiger charge is 2.24. The fourth-order valence-corrected chi connectivity index (χ4v) is 3.66. The second kappa shape index (κ2) is 9.61. The topological polar surface area (TPSA) is 44.9 Å². The number of nitrogens with zero attached hydrogens (tertiary/aromatic N) is 3. The van der Waals surface area contributed by atoms with Gasteiger partial charge in [-0.2, -0.15) is 0 Å². The third-order valence-electron chi connectivity index (χ3n) is 5.30. The van der Waals surface area contributed by atoms with E-state index in [1.807, 2.05) is 0 Å². The molecular weight excluding hydrogens is 411 g/mol. The van der Waals surface area contributed by atoms with Crippen LogP contribution in [0.4, 0.5) is 0 Å². The van der Waals surface area contributed by atoms with Gasteiger partial charge in [-0.25, -0.2) is 0 Å². The Morgan fingerprint density at radius 1 is 1.12 bits per heavy atom. The summed E-state index contributed by atoms with van der Waals surface area (Å²) in [6.07, 6.45) is 4.98. The molecule has 24 heavy (non-hydrogen) atoms. The van der Waals surface area contributed by atoms with Gasteiger partial charge in [-0.05, 0) is 43.7 Å². The summed E-state index contributed by atoms with van der Waals surface area (Å²) in [5.41, 5.74) is 7.62. The number of hydrogen-bond donors (Lipinski definition) is 1. The van der Waals surface area contributed by atoms with Gasteiger partial charge in [0.15, 0.2) is 5.96 Å². The molecular formula is C19H31IN4. The summed E-state index contributed by atoms with van der Waals surface area (Å²) in [5.74, 6) is 1.58. The Morgan fingerprint density at radius 2 is 1.83 bits per heavy atom. The second-order valence-electron chi connectivity index (χ2n) is 7.12. The van der Waals surface area contributed by atoms with Gasteiger partial charge in [-0.15, -0.1) is 24.0 Å². The first-order valence-corrected chi connectivity index (χ1v) is 9.05. The first kappa shape index (κ1) is 19.5. The monoisotopic (exact) mass is 442 g/mol. The molecule has 0 aromatic heterocycles. The summed E-state index contributed by atoms with van der Waals surface area (Å²) in [6.45, 7) is 7.50. The highest BCUT2D eigenvalue weighted by atomic mass is 127. The van der Waals surface area contributed by atoms with Crippen molar-refractivity contribution in [2.24, 2.45) is 16.6 Å². The van der Waals surface area contributed by atoms with Crippen molar-refractivity contribution in [3.63, 3.8) is 0 Å². The number of piperidine rings is 1. The van der Waals surface area contributed by atoms with E-state index in [2.05, 4.69) is 47.1 Å². The first-order valence-electron chi connectivity index (χ1n) is 9.05. The van der Waals surface area contributed by atoms with Gasteiger partial charge in [-0.1, -0.05) is 37.3 Å². The third kappa shape index (κ3) is 5.34. The van der Waals surface area contributed by atoms with E-state index in [1.165, 1.54) is 37.8 Å². The van der Waals surface area contributed by atoms with Crippen LogP contribution in [-0.4, -0.2) is 48.0 Å². The van der Waals surface area contributed by atoms with Crippen molar-refractivity contribution in [3.05, 3.63) is 35.9 Å². The molecule has 0 bridgehead atoms. The number of likely N-dealkylation sites (tertiary alicyclic amines) is 2. The maximum absolute atomic E-state index is 6.23. The lowest BCUT2D eigenvalue weighted by atomic mass is 10.00. The SMILES string of the molecule is CC1CCN(C(N)=NCC2CCCN2Cc2ccccc2)CC1.I. The predicted molar refractivity (Wildman–Crippen MR) is 112 cm³/mol. The fourth-order valence-electron chi connectivity index (χ4n) is 3.66. The van der Waals surface area contributed by atoms with E-state index in [0.29, 0.717) is 6.04 Å². The largest absolute Gasteiger partial charge is 0.370 e. The minimum atomic E-state index is 0. The number of halogens is 1. The van der Waals surface area contributed by atoms with Crippen molar-refractivity contribution in [1.29, 1.82) is 0 Å². The Kier molecular flexibility index (Phi) is 7.81. The summed E-state index contributed by atoms with van der Waals surface area (Å²) in [7, 11) is 0. The number of hydrogen-bond acceptors (Lipinski definition) is 2. The smallest absolute Gasteiger partial charge is 0.191 e. The van der Waals surface area contributed by atoms with Gasteiger partial charge < -0.3 is 10.6 Å². The van der Waals surface area contributed by atoms with Crippen LogP contribution < -0.4 is 5.73 Å². The second-order valence-corrected chi connectivity index (χ2v) is 7.12. The van der Waals surface area contributed by atoms with Crippen LogP contribution in [0, 0.1) is 5.92 Å². The van der Waals surface area contributed by atoms with E-state index in [0.717, 1.165) is 38.1 Å². The quantitative estimate of drug-likeness (QED) is 0.442. The van der Waals surface area contributed by atoms with E-state index in [-0.39, 0.29) is 24.0 Å². The van der Waals surface area contributed by atoms with Gasteiger partial charge in [0.25, 0.3) is 0 Å². The molecule has 0 radical (unpaired) electrons. The van der Waals surface area contributed by atoms with Crippen LogP contribution in [0.2, 0.25) is 0 Å². The van der Waals surface area contributed by atoms with Crippen LogP contribution in [-0.2, 0) is 6.54 Å². The highest BCUT2D eigenvalue weighted by Crippen LogP contribution is 2.21. The maximum Gasteiger partial charge on any atom is 0.191 e. The molecule has 4 nitrogen and oxygen atoms in total. The number of aliphatic imine (C=N–C) groups is 1. The molecule has 2 fully saturated rings.